The molecule has 2 aromatic heterocycles. The normalized spacial score (nSPS) is 12.8. The van der Waals surface area contributed by atoms with Crippen LogP contribution in [0.3, 0.4) is 0 Å². The first-order chi connectivity index (χ1) is 11.8. The average molecular weight is 429 g/mol. The minimum atomic E-state index is -4.51. The molecule has 1 aromatic carbocycles. The van der Waals surface area contributed by atoms with Gasteiger partial charge in [0.25, 0.3) is 0 Å². The number of nitrogens with zero attached hydrogens (tertiary/aromatic N) is 3. The van der Waals surface area contributed by atoms with Gasteiger partial charge in [0.2, 0.25) is 5.95 Å². The molecule has 3 aromatic rings. The lowest BCUT2D eigenvalue weighted by Crippen LogP contribution is -2.10. The molecule has 0 aliphatic heterocycles. The summed E-state index contributed by atoms with van der Waals surface area (Å²) in [5, 5.41) is 2.86. The smallest absolute Gasteiger partial charge is 0.324 e. The molecule has 2 heterocycles. The highest BCUT2D eigenvalue weighted by Gasteiger charge is 2.32. The quantitative estimate of drug-likeness (QED) is 0.532. The van der Waals surface area contributed by atoms with Crippen molar-refractivity contribution in [3.8, 4) is 10.4 Å². The lowest BCUT2D eigenvalue weighted by molar-refractivity contribution is -0.141. The largest absolute Gasteiger partial charge is 0.433 e. The summed E-state index contributed by atoms with van der Waals surface area (Å²) in [7, 11) is 0. The van der Waals surface area contributed by atoms with Crippen molar-refractivity contribution in [3.05, 3.63) is 53.4 Å². The second-order valence-corrected chi connectivity index (χ2v) is 7.47. The van der Waals surface area contributed by atoms with Crippen LogP contribution < -0.4 is 5.32 Å². The van der Waals surface area contributed by atoms with E-state index in [1.54, 1.807) is 11.7 Å². The van der Waals surface area contributed by atoms with E-state index in [-0.39, 0.29) is 10.8 Å². The standard InChI is InChI=1S/C16H12BrF3N4S/c1-9(17)10-4-11(13-7-21-8-25-13)6-12(5-10)23-15-22-3-2-14(24-15)16(18,19)20/h2-9H,1H3,(H,22,23,24). The number of anilines is 2. The molecule has 0 radical (unpaired) electrons. The first-order valence-electron chi connectivity index (χ1n) is 7.18. The third-order valence-corrected chi connectivity index (χ3v) is 4.68. The topological polar surface area (TPSA) is 50.7 Å². The summed E-state index contributed by atoms with van der Waals surface area (Å²) in [5.41, 5.74) is 3.23. The Morgan fingerprint density at radius 2 is 2.04 bits per heavy atom. The van der Waals surface area contributed by atoms with Gasteiger partial charge < -0.3 is 5.32 Å². The Labute approximate surface area is 154 Å². The Hall–Kier alpha value is -2.00. The number of nitrogens with one attached hydrogen (secondary N) is 1. The SMILES string of the molecule is CC(Br)c1cc(Nc2nccc(C(F)(F)F)n2)cc(-c2cncs2)c1. The number of aromatic nitrogens is 3. The van der Waals surface area contributed by atoms with Gasteiger partial charge in [0.1, 0.15) is 5.69 Å². The van der Waals surface area contributed by atoms with Crippen molar-refractivity contribution in [1.29, 1.82) is 0 Å². The van der Waals surface area contributed by atoms with E-state index >= 15 is 0 Å². The van der Waals surface area contributed by atoms with Gasteiger partial charge in [-0.3, -0.25) is 4.98 Å². The molecule has 0 saturated heterocycles. The van der Waals surface area contributed by atoms with Gasteiger partial charge in [-0.05, 0) is 42.3 Å². The molecule has 0 aliphatic carbocycles. The van der Waals surface area contributed by atoms with Crippen LogP contribution in [0.5, 0.6) is 0 Å². The van der Waals surface area contributed by atoms with Crippen LogP contribution in [-0.2, 0) is 6.18 Å². The maximum atomic E-state index is 12.8. The average Bonchev–Trinajstić information content (AvgIpc) is 3.08. The first-order valence-corrected chi connectivity index (χ1v) is 8.97. The molecule has 0 saturated carbocycles. The fourth-order valence-electron chi connectivity index (χ4n) is 2.16. The molecule has 0 bridgehead atoms. The van der Waals surface area contributed by atoms with Gasteiger partial charge in [-0.15, -0.1) is 11.3 Å². The van der Waals surface area contributed by atoms with Gasteiger partial charge >= 0.3 is 6.18 Å². The summed E-state index contributed by atoms with van der Waals surface area (Å²) >= 11 is 5.00. The van der Waals surface area contributed by atoms with E-state index in [4.69, 9.17) is 0 Å². The number of thiazole rings is 1. The van der Waals surface area contributed by atoms with Crippen LogP contribution >= 0.6 is 27.3 Å². The summed E-state index contributed by atoms with van der Waals surface area (Å²) in [6, 6.07) is 6.51. The zero-order valence-corrected chi connectivity index (χ0v) is 15.3. The summed E-state index contributed by atoms with van der Waals surface area (Å²) < 4.78 is 38.4. The molecular weight excluding hydrogens is 417 g/mol. The summed E-state index contributed by atoms with van der Waals surface area (Å²) in [4.78, 5) is 12.5. The van der Waals surface area contributed by atoms with Crippen LogP contribution in [0.25, 0.3) is 10.4 Å². The predicted molar refractivity (Wildman–Crippen MR) is 95.2 cm³/mol. The number of benzene rings is 1. The lowest BCUT2D eigenvalue weighted by atomic mass is 10.1. The Balaban J connectivity index is 1.97. The molecule has 0 aliphatic rings. The van der Waals surface area contributed by atoms with Crippen LogP contribution in [0.1, 0.15) is 23.0 Å². The predicted octanol–water partition coefficient (Wildman–Crippen LogP) is 5.82. The van der Waals surface area contributed by atoms with Gasteiger partial charge in [0.05, 0.1) is 10.4 Å². The maximum Gasteiger partial charge on any atom is 0.433 e. The maximum absolute atomic E-state index is 12.8. The summed E-state index contributed by atoms with van der Waals surface area (Å²) in [5.74, 6) is -0.107. The van der Waals surface area contributed by atoms with Gasteiger partial charge in [-0.25, -0.2) is 9.97 Å². The van der Waals surface area contributed by atoms with Crippen molar-refractivity contribution in [2.24, 2.45) is 0 Å². The Morgan fingerprint density at radius 1 is 1.24 bits per heavy atom. The van der Waals surface area contributed by atoms with E-state index < -0.39 is 11.9 Å². The third-order valence-electron chi connectivity index (χ3n) is 3.33. The van der Waals surface area contributed by atoms with Crippen LogP contribution in [0.4, 0.5) is 24.8 Å². The van der Waals surface area contributed by atoms with Gasteiger partial charge in [-0.1, -0.05) is 15.9 Å². The number of rotatable bonds is 4. The Morgan fingerprint density at radius 3 is 2.68 bits per heavy atom. The molecular formula is C16H12BrF3N4S. The monoisotopic (exact) mass is 428 g/mol. The van der Waals surface area contributed by atoms with E-state index in [0.29, 0.717) is 5.69 Å². The van der Waals surface area contributed by atoms with Crippen molar-refractivity contribution in [1.82, 2.24) is 15.0 Å². The van der Waals surface area contributed by atoms with Crippen LogP contribution in [0.2, 0.25) is 0 Å². The fourth-order valence-corrected chi connectivity index (χ4v) is 3.04. The lowest BCUT2D eigenvalue weighted by Gasteiger charge is -2.12. The van der Waals surface area contributed by atoms with E-state index in [9.17, 15) is 13.2 Å². The highest BCUT2D eigenvalue weighted by atomic mass is 79.9. The molecule has 0 amide bonds. The molecule has 130 valence electrons. The molecule has 1 N–H and O–H groups in total. The van der Waals surface area contributed by atoms with Crippen molar-refractivity contribution in [2.75, 3.05) is 5.32 Å². The van der Waals surface area contributed by atoms with E-state index in [2.05, 4.69) is 36.2 Å². The number of hydrogen-bond acceptors (Lipinski definition) is 5. The molecule has 25 heavy (non-hydrogen) atoms. The second kappa shape index (κ2) is 7.09. The zero-order chi connectivity index (χ0) is 18.0. The third kappa shape index (κ3) is 4.35. The van der Waals surface area contributed by atoms with Crippen LogP contribution in [0.15, 0.2) is 42.2 Å². The number of alkyl halides is 4. The molecule has 9 heteroatoms. The molecule has 1 atom stereocenters. The van der Waals surface area contributed by atoms with Crippen molar-refractivity contribution in [3.63, 3.8) is 0 Å². The van der Waals surface area contributed by atoms with Crippen molar-refractivity contribution >= 4 is 38.9 Å². The molecule has 3 rings (SSSR count). The van der Waals surface area contributed by atoms with E-state index in [1.165, 1.54) is 11.3 Å². The minimum absolute atomic E-state index is 0.0725. The minimum Gasteiger partial charge on any atom is -0.324 e. The summed E-state index contributed by atoms with van der Waals surface area (Å²) in [6.07, 6.45) is -1.69. The van der Waals surface area contributed by atoms with Crippen molar-refractivity contribution in [2.45, 2.75) is 17.9 Å². The fraction of sp³-hybridized carbons (Fsp3) is 0.188. The van der Waals surface area contributed by atoms with Gasteiger partial charge in [0.15, 0.2) is 0 Å². The van der Waals surface area contributed by atoms with Crippen LogP contribution in [0, 0.1) is 0 Å². The Bertz CT molecular complexity index is 866. The molecule has 0 fully saturated rings. The molecule has 1 unspecified atom stereocenters. The summed E-state index contributed by atoms with van der Waals surface area (Å²) in [6.45, 7) is 1.97. The Kier molecular flexibility index (Phi) is 5.05. The molecule has 4 nitrogen and oxygen atoms in total. The second-order valence-electron chi connectivity index (χ2n) is 5.21. The first kappa shape index (κ1) is 17.8. The molecule has 0 spiro atoms. The van der Waals surface area contributed by atoms with Gasteiger partial charge in [-0.2, -0.15) is 13.2 Å². The van der Waals surface area contributed by atoms with Crippen molar-refractivity contribution < 1.29 is 13.2 Å². The number of hydrogen-bond donors (Lipinski definition) is 1. The zero-order valence-electron chi connectivity index (χ0n) is 12.9. The van der Waals surface area contributed by atoms with Crippen LogP contribution in [-0.4, -0.2) is 15.0 Å². The highest BCUT2D eigenvalue weighted by molar-refractivity contribution is 9.09. The van der Waals surface area contributed by atoms with E-state index in [1.807, 2.05) is 25.1 Å². The highest BCUT2D eigenvalue weighted by Crippen LogP contribution is 2.33. The number of halogens is 4. The van der Waals surface area contributed by atoms with E-state index in [0.717, 1.165) is 28.3 Å². The van der Waals surface area contributed by atoms with Gasteiger partial charge in [0, 0.05) is 22.9 Å².